The predicted molar refractivity (Wildman–Crippen MR) is 105 cm³/mol. The molecule has 2 fully saturated rings. The fourth-order valence-corrected chi connectivity index (χ4v) is 6.47. The van der Waals surface area contributed by atoms with Crippen LogP contribution in [0.15, 0.2) is 23.8 Å². The molecule has 4 atom stereocenters. The number of hydrogen-bond acceptors (Lipinski definition) is 5. The van der Waals surface area contributed by atoms with E-state index < -0.39 is 10.3 Å². The maximum absolute atomic E-state index is 11.4. The number of fused-ring (bicyclic) bond motifs is 5. The zero-order chi connectivity index (χ0) is 20.1. The maximum atomic E-state index is 11.4. The van der Waals surface area contributed by atoms with E-state index in [0.717, 1.165) is 44.1 Å². The summed E-state index contributed by atoms with van der Waals surface area (Å²) in [4.78, 5) is 0. The molecular formula is C21H26N2O4S. The van der Waals surface area contributed by atoms with Crippen LogP contribution in [0, 0.1) is 28.6 Å². The summed E-state index contributed by atoms with van der Waals surface area (Å²) in [6.45, 7) is 2.34. The average molecular weight is 403 g/mol. The van der Waals surface area contributed by atoms with Gasteiger partial charge >= 0.3 is 10.3 Å². The number of rotatable bonds is 3. The Bertz CT molecular complexity index is 979. The van der Waals surface area contributed by atoms with E-state index in [-0.39, 0.29) is 11.2 Å². The third-order valence-corrected chi connectivity index (χ3v) is 7.71. The van der Waals surface area contributed by atoms with Crippen molar-refractivity contribution in [1.82, 2.24) is 0 Å². The van der Waals surface area contributed by atoms with E-state index in [1.165, 1.54) is 18.2 Å². The first-order chi connectivity index (χ1) is 13.3. The number of ether oxygens (including phenoxy) is 1. The molecule has 7 heteroatoms. The molecule has 0 heterocycles. The lowest BCUT2D eigenvalue weighted by Gasteiger charge is -2.49. The highest BCUT2D eigenvalue weighted by Crippen LogP contribution is 2.63. The lowest BCUT2D eigenvalue weighted by molar-refractivity contribution is 0.0813. The van der Waals surface area contributed by atoms with Gasteiger partial charge in [0.25, 0.3) is 0 Å². The number of benzene rings is 1. The molecule has 150 valence electrons. The minimum Gasteiger partial charge on any atom is -0.493 e. The first-order valence-corrected chi connectivity index (χ1v) is 11.3. The topological polar surface area (TPSA) is 102 Å². The van der Waals surface area contributed by atoms with Crippen molar-refractivity contribution in [2.45, 2.75) is 51.4 Å². The second-order valence-electron chi connectivity index (χ2n) is 8.49. The quantitative estimate of drug-likeness (QED) is 0.779. The van der Waals surface area contributed by atoms with Gasteiger partial charge in [-0.15, -0.1) is 0 Å². The number of nitriles is 1. The van der Waals surface area contributed by atoms with Gasteiger partial charge in [-0.2, -0.15) is 18.8 Å². The Morgan fingerprint density at radius 1 is 1.25 bits per heavy atom. The minimum absolute atomic E-state index is 0.134. The van der Waals surface area contributed by atoms with E-state index in [1.807, 2.05) is 6.07 Å². The van der Waals surface area contributed by atoms with E-state index in [4.69, 9.17) is 19.3 Å². The molecule has 3 aliphatic carbocycles. The first-order valence-electron chi connectivity index (χ1n) is 9.79. The molecule has 0 aliphatic heterocycles. The Balaban J connectivity index is 1.70. The van der Waals surface area contributed by atoms with Gasteiger partial charge < -0.3 is 8.92 Å². The van der Waals surface area contributed by atoms with Crippen LogP contribution < -0.4 is 14.1 Å². The van der Waals surface area contributed by atoms with Gasteiger partial charge in [0.15, 0.2) is 11.5 Å². The van der Waals surface area contributed by atoms with Gasteiger partial charge in [-0.05, 0) is 85.0 Å². The number of nitrogens with two attached hydrogens (primary N) is 1. The molecule has 4 rings (SSSR count). The van der Waals surface area contributed by atoms with Crippen LogP contribution in [0.3, 0.4) is 0 Å². The summed E-state index contributed by atoms with van der Waals surface area (Å²) in [5, 5.41) is 14.2. The summed E-state index contributed by atoms with van der Waals surface area (Å²) < 4.78 is 33.1. The fourth-order valence-electron chi connectivity index (χ4n) is 6.09. The van der Waals surface area contributed by atoms with Crippen LogP contribution in [0.25, 0.3) is 0 Å². The molecule has 28 heavy (non-hydrogen) atoms. The Morgan fingerprint density at radius 2 is 2.04 bits per heavy atom. The summed E-state index contributed by atoms with van der Waals surface area (Å²) >= 11 is 0. The molecule has 0 bridgehead atoms. The van der Waals surface area contributed by atoms with Crippen LogP contribution in [-0.4, -0.2) is 15.5 Å². The van der Waals surface area contributed by atoms with Gasteiger partial charge in [-0.25, -0.2) is 0 Å². The van der Waals surface area contributed by atoms with Crippen LogP contribution in [0.5, 0.6) is 11.5 Å². The second kappa shape index (κ2) is 6.78. The van der Waals surface area contributed by atoms with Gasteiger partial charge in [0.05, 0.1) is 13.2 Å². The zero-order valence-corrected chi connectivity index (χ0v) is 17.1. The molecule has 3 aliphatic rings. The number of aryl methyl sites for hydroxylation is 1. The Kier molecular flexibility index (Phi) is 4.67. The lowest BCUT2D eigenvalue weighted by Crippen LogP contribution is -2.40. The number of nitrogens with zero attached hydrogens (tertiary/aromatic N) is 1. The molecule has 0 radical (unpaired) electrons. The number of methoxy groups -OCH3 is 1. The van der Waals surface area contributed by atoms with Crippen molar-refractivity contribution >= 4 is 10.3 Å². The minimum atomic E-state index is -4.10. The maximum Gasteiger partial charge on any atom is 0.380 e. The smallest absolute Gasteiger partial charge is 0.380 e. The molecular weight excluding hydrogens is 376 g/mol. The van der Waals surface area contributed by atoms with Gasteiger partial charge in [0.1, 0.15) is 0 Å². The van der Waals surface area contributed by atoms with Crippen LogP contribution >= 0.6 is 0 Å². The van der Waals surface area contributed by atoms with Crippen LogP contribution in [0.1, 0.15) is 56.1 Å². The highest BCUT2D eigenvalue weighted by Gasteiger charge is 2.52. The van der Waals surface area contributed by atoms with Gasteiger partial charge in [0.2, 0.25) is 0 Å². The van der Waals surface area contributed by atoms with Crippen molar-refractivity contribution in [3.63, 3.8) is 0 Å². The molecule has 1 aromatic rings. The van der Waals surface area contributed by atoms with Crippen molar-refractivity contribution in [2.75, 3.05) is 7.11 Å². The van der Waals surface area contributed by atoms with E-state index in [2.05, 4.69) is 13.0 Å². The summed E-state index contributed by atoms with van der Waals surface area (Å²) in [6.07, 6.45) is 8.02. The van der Waals surface area contributed by atoms with Crippen molar-refractivity contribution in [3.05, 3.63) is 34.9 Å². The number of hydrogen-bond donors (Lipinski definition) is 1. The SMILES string of the molecule is COc1cc2c(cc1OS(N)(=O)=O)CCC1C2CC[C@]2(C)/C(=C/C#N)CCC12. The Morgan fingerprint density at radius 3 is 2.71 bits per heavy atom. The standard InChI is InChI=1S/C21H26N2O4S/c1-21-9-7-15-16(18(21)6-4-14(21)8-10-22)5-3-13-11-20(27-28(23,24)25)19(26-2)12-17(13)15/h8,11-12,15-16,18H,3-7,9H2,1-2H3,(H2,23,24,25)/b14-8+/t15?,16?,18?,21-/m1/s1. The third-order valence-electron chi connectivity index (χ3n) is 7.30. The highest BCUT2D eigenvalue weighted by molar-refractivity contribution is 7.84. The monoisotopic (exact) mass is 402 g/mol. The van der Waals surface area contributed by atoms with Gasteiger partial charge in [0, 0.05) is 6.08 Å². The normalized spacial score (nSPS) is 32.8. The summed E-state index contributed by atoms with van der Waals surface area (Å²) in [6, 6.07) is 5.96. The summed E-state index contributed by atoms with van der Waals surface area (Å²) in [5.41, 5.74) is 3.82. The Hall–Kier alpha value is -2.04. The zero-order valence-electron chi connectivity index (χ0n) is 16.3. The molecule has 1 aromatic carbocycles. The van der Waals surface area contributed by atoms with Crippen molar-refractivity contribution in [3.8, 4) is 17.6 Å². The highest BCUT2D eigenvalue weighted by atomic mass is 32.2. The molecule has 0 amide bonds. The first kappa shape index (κ1) is 19.3. The molecule has 3 unspecified atom stereocenters. The molecule has 6 nitrogen and oxygen atoms in total. The van der Waals surface area contributed by atoms with Crippen molar-refractivity contribution in [1.29, 1.82) is 5.26 Å². The fraction of sp³-hybridized carbons (Fsp3) is 0.571. The molecule has 0 spiro atoms. The largest absolute Gasteiger partial charge is 0.493 e. The lowest BCUT2D eigenvalue weighted by atomic mass is 9.55. The average Bonchev–Trinajstić information content (AvgIpc) is 2.96. The van der Waals surface area contributed by atoms with E-state index in [0.29, 0.717) is 23.5 Å². The summed E-state index contributed by atoms with van der Waals surface area (Å²) in [5.74, 6) is 2.15. The predicted octanol–water partition coefficient (Wildman–Crippen LogP) is 3.58. The van der Waals surface area contributed by atoms with E-state index in [1.54, 1.807) is 12.1 Å². The third kappa shape index (κ3) is 3.09. The van der Waals surface area contributed by atoms with Crippen molar-refractivity contribution in [2.24, 2.45) is 22.4 Å². The van der Waals surface area contributed by atoms with Crippen LogP contribution in [-0.2, 0) is 16.7 Å². The van der Waals surface area contributed by atoms with Crippen molar-refractivity contribution < 1.29 is 17.3 Å². The number of allylic oxidation sites excluding steroid dienone is 2. The summed E-state index contributed by atoms with van der Waals surface area (Å²) in [7, 11) is -2.60. The van der Waals surface area contributed by atoms with Crippen LogP contribution in [0.2, 0.25) is 0 Å². The van der Waals surface area contributed by atoms with E-state index >= 15 is 0 Å². The van der Waals surface area contributed by atoms with E-state index in [9.17, 15) is 8.42 Å². The van der Waals surface area contributed by atoms with Gasteiger partial charge in [-0.3, -0.25) is 0 Å². The van der Waals surface area contributed by atoms with Gasteiger partial charge in [-0.1, -0.05) is 12.5 Å². The molecule has 2 saturated carbocycles. The molecule has 2 N–H and O–H groups in total. The Labute approximate surface area is 166 Å². The molecule has 0 aromatic heterocycles. The molecule has 0 saturated heterocycles. The second-order valence-corrected chi connectivity index (χ2v) is 9.64. The van der Waals surface area contributed by atoms with Crippen LogP contribution in [0.4, 0.5) is 0 Å².